The molecule has 104 valence electrons. The van der Waals surface area contributed by atoms with Gasteiger partial charge >= 0.3 is 0 Å². The molecule has 0 aliphatic heterocycles. The Morgan fingerprint density at radius 3 is 2.74 bits per heavy atom. The number of nitrogens with two attached hydrogens (primary N) is 1. The summed E-state index contributed by atoms with van der Waals surface area (Å²) in [6.45, 7) is 5.40. The predicted octanol–water partition coefficient (Wildman–Crippen LogP) is 3.17. The topological polar surface area (TPSA) is 61.8 Å². The fourth-order valence-electron chi connectivity index (χ4n) is 2.24. The SMILES string of the molecule is CC(C)CN(c1ccc(Br)cc1/C(N)=N/O)C1CC1. The van der Waals surface area contributed by atoms with E-state index in [4.69, 9.17) is 10.9 Å². The summed E-state index contributed by atoms with van der Waals surface area (Å²) in [5, 5.41) is 12.1. The maximum Gasteiger partial charge on any atom is 0.172 e. The van der Waals surface area contributed by atoms with Crippen molar-refractivity contribution in [3.8, 4) is 0 Å². The Bertz CT molecular complexity index is 484. The van der Waals surface area contributed by atoms with E-state index in [1.165, 1.54) is 12.8 Å². The van der Waals surface area contributed by atoms with Crippen LogP contribution >= 0.6 is 15.9 Å². The lowest BCUT2D eigenvalue weighted by atomic mass is 10.1. The number of anilines is 1. The van der Waals surface area contributed by atoms with Crippen LogP contribution in [0.1, 0.15) is 32.3 Å². The fraction of sp³-hybridized carbons (Fsp3) is 0.500. The molecule has 1 aromatic carbocycles. The number of benzene rings is 1. The smallest absolute Gasteiger partial charge is 0.172 e. The fourth-order valence-corrected chi connectivity index (χ4v) is 2.60. The highest BCUT2D eigenvalue weighted by Gasteiger charge is 2.31. The standard InChI is InChI=1S/C14H20BrN3O/c1-9(2)8-18(11-4-5-11)13-6-3-10(15)7-12(13)14(16)17-19/h3,6-7,9,11,19H,4-5,8H2,1-2H3,(H2,16,17). The average molecular weight is 326 g/mol. The third kappa shape index (κ3) is 3.41. The monoisotopic (exact) mass is 325 g/mol. The number of hydrogen-bond donors (Lipinski definition) is 2. The van der Waals surface area contributed by atoms with Gasteiger partial charge in [0.1, 0.15) is 0 Å². The molecule has 4 nitrogen and oxygen atoms in total. The van der Waals surface area contributed by atoms with Crippen molar-refractivity contribution in [2.45, 2.75) is 32.7 Å². The zero-order chi connectivity index (χ0) is 14.0. The molecule has 5 heteroatoms. The molecule has 3 N–H and O–H groups in total. The quantitative estimate of drug-likeness (QED) is 0.378. The average Bonchev–Trinajstić information content (AvgIpc) is 3.19. The van der Waals surface area contributed by atoms with Crippen LogP contribution in [-0.4, -0.2) is 23.6 Å². The molecule has 1 aliphatic carbocycles. The molecule has 0 bridgehead atoms. The molecule has 1 aliphatic rings. The lowest BCUT2D eigenvalue weighted by Crippen LogP contribution is -2.32. The normalized spacial score (nSPS) is 15.9. The second-order valence-electron chi connectivity index (χ2n) is 5.42. The molecule has 2 rings (SSSR count). The second kappa shape index (κ2) is 5.82. The van der Waals surface area contributed by atoms with Crippen LogP contribution in [0, 0.1) is 5.92 Å². The summed E-state index contributed by atoms with van der Waals surface area (Å²) < 4.78 is 0.929. The van der Waals surface area contributed by atoms with Crippen molar-refractivity contribution in [2.75, 3.05) is 11.4 Å². The first-order valence-electron chi connectivity index (χ1n) is 6.57. The van der Waals surface area contributed by atoms with E-state index in [0.717, 1.165) is 22.3 Å². The predicted molar refractivity (Wildman–Crippen MR) is 81.9 cm³/mol. The van der Waals surface area contributed by atoms with Gasteiger partial charge < -0.3 is 15.8 Å². The Balaban J connectivity index is 2.40. The third-order valence-corrected chi connectivity index (χ3v) is 3.69. The first-order chi connectivity index (χ1) is 9.02. The van der Waals surface area contributed by atoms with Crippen LogP contribution in [0.4, 0.5) is 5.69 Å². The summed E-state index contributed by atoms with van der Waals surface area (Å²) >= 11 is 3.44. The van der Waals surface area contributed by atoms with Crippen LogP contribution in [0.15, 0.2) is 27.8 Å². The third-order valence-electron chi connectivity index (χ3n) is 3.20. The van der Waals surface area contributed by atoms with Gasteiger partial charge in [0, 0.05) is 28.3 Å². The van der Waals surface area contributed by atoms with Gasteiger partial charge in [-0.1, -0.05) is 34.9 Å². The van der Waals surface area contributed by atoms with Crippen molar-refractivity contribution in [1.29, 1.82) is 0 Å². The Hall–Kier alpha value is -1.23. The molecule has 1 saturated carbocycles. The maximum absolute atomic E-state index is 8.95. The maximum atomic E-state index is 8.95. The van der Waals surface area contributed by atoms with Crippen molar-refractivity contribution in [3.05, 3.63) is 28.2 Å². The van der Waals surface area contributed by atoms with Crippen LogP contribution < -0.4 is 10.6 Å². The summed E-state index contributed by atoms with van der Waals surface area (Å²) in [6, 6.07) is 6.53. The molecule has 0 spiro atoms. The van der Waals surface area contributed by atoms with Crippen LogP contribution in [0.25, 0.3) is 0 Å². The zero-order valence-electron chi connectivity index (χ0n) is 11.3. The zero-order valence-corrected chi connectivity index (χ0v) is 12.9. The van der Waals surface area contributed by atoms with E-state index in [1.807, 2.05) is 18.2 Å². The highest BCUT2D eigenvalue weighted by Crippen LogP contribution is 2.35. The number of rotatable bonds is 5. The van der Waals surface area contributed by atoms with Gasteiger partial charge in [-0.3, -0.25) is 0 Å². The first kappa shape index (κ1) is 14.2. The second-order valence-corrected chi connectivity index (χ2v) is 6.34. The number of nitrogens with zero attached hydrogens (tertiary/aromatic N) is 2. The minimum Gasteiger partial charge on any atom is -0.409 e. The van der Waals surface area contributed by atoms with E-state index < -0.39 is 0 Å². The lowest BCUT2D eigenvalue weighted by Gasteiger charge is -2.28. The highest BCUT2D eigenvalue weighted by atomic mass is 79.9. The molecular weight excluding hydrogens is 306 g/mol. The molecule has 0 saturated heterocycles. The van der Waals surface area contributed by atoms with E-state index in [9.17, 15) is 0 Å². The molecule has 0 atom stereocenters. The summed E-state index contributed by atoms with van der Waals surface area (Å²) in [6.07, 6.45) is 2.44. The van der Waals surface area contributed by atoms with Crippen LogP contribution in [0.5, 0.6) is 0 Å². The summed E-state index contributed by atoms with van der Waals surface area (Å²) in [5.74, 6) is 0.732. The number of oxime groups is 1. The van der Waals surface area contributed by atoms with Crippen molar-refractivity contribution < 1.29 is 5.21 Å². The number of hydrogen-bond acceptors (Lipinski definition) is 3. The van der Waals surface area contributed by atoms with Crippen molar-refractivity contribution in [3.63, 3.8) is 0 Å². The lowest BCUT2D eigenvalue weighted by molar-refractivity contribution is 0.318. The Labute approximate surface area is 122 Å². The van der Waals surface area contributed by atoms with Gasteiger partial charge in [0.2, 0.25) is 0 Å². The molecule has 0 radical (unpaired) electrons. The van der Waals surface area contributed by atoms with Crippen molar-refractivity contribution in [1.82, 2.24) is 0 Å². The van der Waals surface area contributed by atoms with Crippen molar-refractivity contribution in [2.24, 2.45) is 16.8 Å². The molecule has 0 unspecified atom stereocenters. The highest BCUT2D eigenvalue weighted by molar-refractivity contribution is 9.10. The van der Waals surface area contributed by atoms with Gasteiger partial charge in [-0.15, -0.1) is 0 Å². The molecule has 1 fully saturated rings. The number of halogens is 1. The van der Waals surface area contributed by atoms with Crippen LogP contribution in [0.3, 0.4) is 0 Å². The number of amidine groups is 1. The molecule has 1 aromatic rings. The molecule has 0 amide bonds. The molecular formula is C14H20BrN3O. The van der Waals surface area contributed by atoms with E-state index in [0.29, 0.717) is 12.0 Å². The minimum atomic E-state index is 0.158. The van der Waals surface area contributed by atoms with E-state index in [-0.39, 0.29) is 5.84 Å². The summed E-state index contributed by atoms with van der Waals surface area (Å²) in [4.78, 5) is 2.38. The van der Waals surface area contributed by atoms with E-state index in [2.05, 4.69) is 39.8 Å². The first-order valence-corrected chi connectivity index (χ1v) is 7.36. The molecule has 19 heavy (non-hydrogen) atoms. The molecule has 0 aromatic heterocycles. The van der Waals surface area contributed by atoms with Crippen LogP contribution in [-0.2, 0) is 0 Å². The Kier molecular flexibility index (Phi) is 4.34. The van der Waals surface area contributed by atoms with Gasteiger partial charge in [0.15, 0.2) is 5.84 Å². The van der Waals surface area contributed by atoms with E-state index >= 15 is 0 Å². The van der Waals surface area contributed by atoms with Crippen LogP contribution in [0.2, 0.25) is 0 Å². The molecule has 0 heterocycles. The minimum absolute atomic E-state index is 0.158. The van der Waals surface area contributed by atoms with Gasteiger partial charge in [-0.2, -0.15) is 0 Å². The summed E-state index contributed by atoms with van der Waals surface area (Å²) in [7, 11) is 0. The van der Waals surface area contributed by atoms with Gasteiger partial charge in [-0.05, 0) is 37.0 Å². The van der Waals surface area contributed by atoms with Gasteiger partial charge in [0.05, 0.1) is 0 Å². The Morgan fingerprint density at radius 1 is 1.53 bits per heavy atom. The Morgan fingerprint density at radius 2 is 2.21 bits per heavy atom. The largest absolute Gasteiger partial charge is 0.409 e. The van der Waals surface area contributed by atoms with Crippen molar-refractivity contribution >= 4 is 27.5 Å². The van der Waals surface area contributed by atoms with Gasteiger partial charge in [-0.25, -0.2) is 0 Å². The van der Waals surface area contributed by atoms with Gasteiger partial charge in [0.25, 0.3) is 0 Å². The van der Waals surface area contributed by atoms with E-state index in [1.54, 1.807) is 0 Å². The summed E-state index contributed by atoms with van der Waals surface area (Å²) in [5.41, 5.74) is 7.64.